The van der Waals surface area contributed by atoms with Crippen LogP contribution in [-0.4, -0.2) is 8.42 Å². The van der Waals surface area contributed by atoms with Crippen LogP contribution < -0.4 is 0 Å². The lowest BCUT2D eigenvalue weighted by molar-refractivity contribution is 0.409. The normalized spacial score (nSPS) is 11.7. The average molecular weight is 225 g/mol. The van der Waals surface area contributed by atoms with E-state index < -0.39 is 32.5 Å². The third-order valence-electron chi connectivity index (χ3n) is 1.42. The van der Waals surface area contributed by atoms with Gasteiger partial charge in [0.1, 0.15) is 4.90 Å². The van der Waals surface area contributed by atoms with Gasteiger partial charge in [-0.15, -0.1) is 0 Å². The molecule has 0 bridgehead atoms. The Morgan fingerprint density at radius 2 is 1.71 bits per heavy atom. The second kappa shape index (κ2) is 3.58. The molecule has 0 aliphatic rings. The first-order chi connectivity index (χ1) is 6.40. The summed E-state index contributed by atoms with van der Waals surface area (Å²) in [5.74, 6) is -5.18. The highest BCUT2D eigenvalue weighted by Crippen LogP contribution is 2.20. The summed E-state index contributed by atoms with van der Waals surface area (Å²) >= 11 is 0. The zero-order valence-electron chi connectivity index (χ0n) is 6.63. The molecule has 0 amide bonds. The molecule has 1 aromatic carbocycles. The number of rotatable bonds is 2. The van der Waals surface area contributed by atoms with Gasteiger partial charge < -0.3 is 0 Å². The van der Waals surface area contributed by atoms with E-state index >= 15 is 0 Å². The Hall–Kier alpha value is -1.08. The third-order valence-corrected chi connectivity index (χ3v) is 2.59. The van der Waals surface area contributed by atoms with Gasteiger partial charge in [0.05, 0.1) is 7.11 Å². The lowest BCUT2D eigenvalue weighted by Crippen LogP contribution is -2.07. The molecule has 0 heterocycles. The van der Waals surface area contributed by atoms with Crippen molar-refractivity contribution in [1.29, 1.82) is 0 Å². The van der Waals surface area contributed by atoms with E-state index in [1.54, 1.807) is 0 Å². The molecule has 0 aliphatic carbocycles. The minimum atomic E-state index is -4.46. The molecule has 1 radical (unpaired) electrons. The monoisotopic (exact) mass is 225 g/mol. The Balaban J connectivity index is 3.47. The van der Waals surface area contributed by atoms with Crippen LogP contribution in [0.3, 0.4) is 0 Å². The molecule has 14 heavy (non-hydrogen) atoms. The molecule has 0 N–H and O–H groups in total. The number of halogens is 3. The fraction of sp³-hybridized carbons (Fsp3) is 0. The summed E-state index contributed by atoms with van der Waals surface area (Å²) in [4.78, 5) is -1.09. The molecule has 0 aliphatic heterocycles. The lowest BCUT2D eigenvalue weighted by atomic mass is 10.3. The largest absolute Gasteiger partial charge is 0.300 e. The summed E-state index contributed by atoms with van der Waals surface area (Å²) in [5.41, 5.74) is 0. The van der Waals surface area contributed by atoms with Gasteiger partial charge in [-0.1, -0.05) is 0 Å². The second-order valence-electron chi connectivity index (χ2n) is 2.25. The summed E-state index contributed by atoms with van der Waals surface area (Å²) in [5, 5.41) is 0. The molecule has 0 atom stereocenters. The summed E-state index contributed by atoms with van der Waals surface area (Å²) in [6.07, 6.45) is 0. The maximum atomic E-state index is 12.8. The highest BCUT2D eigenvalue weighted by Gasteiger charge is 2.23. The van der Waals surface area contributed by atoms with Gasteiger partial charge in [-0.05, 0) is 12.1 Å². The number of benzene rings is 1. The molecule has 0 unspecified atom stereocenters. The molecule has 0 saturated heterocycles. The van der Waals surface area contributed by atoms with Gasteiger partial charge in [0.15, 0.2) is 17.5 Å². The number of hydrogen-bond acceptors (Lipinski definition) is 3. The van der Waals surface area contributed by atoms with Crippen molar-refractivity contribution in [2.75, 3.05) is 0 Å². The van der Waals surface area contributed by atoms with Crippen LogP contribution in [0.1, 0.15) is 0 Å². The lowest BCUT2D eigenvalue weighted by Gasteiger charge is -2.03. The van der Waals surface area contributed by atoms with Crippen molar-refractivity contribution in [2.24, 2.45) is 0 Å². The summed E-state index contributed by atoms with van der Waals surface area (Å²) in [6.45, 7) is 0. The maximum Gasteiger partial charge on any atom is 0.300 e. The Morgan fingerprint density at radius 3 is 2.21 bits per heavy atom. The first-order valence-electron chi connectivity index (χ1n) is 3.22. The van der Waals surface area contributed by atoms with E-state index in [0.717, 1.165) is 0 Å². The van der Waals surface area contributed by atoms with E-state index in [9.17, 15) is 21.6 Å². The molecule has 7 heteroatoms. The first-order valence-corrected chi connectivity index (χ1v) is 4.63. The van der Waals surface area contributed by atoms with E-state index in [1.807, 2.05) is 0 Å². The SMILES string of the molecule is [CH2]OS(=O)(=O)c1ccc(F)c(F)c1F. The van der Waals surface area contributed by atoms with Gasteiger partial charge in [-0.25, -0.2) is 13.2 Å². The van der Waals surface area contributed by atoms with Crippen LogP contribution in [0, 0.1) is 24.6 Å². The zero-order chi connectivity index (χ0) is 10.9. The molecule has 1 aromatic rings. The van der Waals surface area contributed by atoms with Crippen molar-refractivity contribution in [2.45, 2.75) is 4.90 Å². The Kier molecular flexibility index (Phi) is 2.81. The van der Waals surface area contributed by atoms with Gasteiger partial charge >= 0.3 is 0 Å². The highest BCUT2D eigenvalue weighted by molar-refractivity contribution is 7.86. The topological polar surface area (TPSA) is 43.4 Å². The summed E-state index contributed by atoms with van der Waals surface area (Å²) < 4.78 is 63.2. The van der Waals surface area contributed by atoms with E-state index in [1.165, 1.54) is 0 Å². The smallest absolute Gasteiger partial charge is 0.264 e. The van der Waals surface area contributed by atoms with Crippen molar-refractivity contribution in [1.82, 2.24) is 0 Å². The number of hydrogen-bond donors (Lipinski definition) is 0. The Labute approximate surface area is 78.2 Å². The predicted molar refractivity (Wildman–Crippen MR) is 39.9 cm³/mol. The molecule has 0 fully saturated rings. The first kappa shape index (κ1) is 11.0. The van der Waals surface area contributed by atoms with Gasteiger partial charge in [-0.3, -0.25) is 4.18 Å². The van der Waals surface area contributed by atoms with Crippen molar-refractivity contribution in [3.05, 3.63) is 36.7 Å². The van der Waals surface area contributed by atoms with Crippen LogP contribution in [-0.2, 0) is 14.3 Å². The molecule has 3 nitrogen and oxygen atoms in total. The van der Waals surface area contributed by atoms with Gasteiger partial charge in [0.25, 0.3) is 10.1 Å². The molecular weight excluding hydrogens is 221 g/mol. The fourth-order valence-electron chi connectivity index (χ4n) is 0.765. The average Bonchev–Trinajstić information content (AvgIpc) is 2.14. The van der Waals surface area contributed by atoms with Crippen LogP contribution >= 0.6 is 0 Å². The molecule has 1 rings (SSSR count). The van der Waals surface area contributed by atoms with Crippen LogP contribution in [0.4, 0.5) is 13.2 Å². The Bertz CT molecular complexity index is 455. The van der Waals surface area contributed by atoms with Crippen molar-refractivity contribution >= 4 is 10.1 Å². The van der Waals surface area contributed by atoms with Crippen LogP contribution in [0.2, 0.25) is 0 Å². The fourth-order valence-corrected chi connectivity index (χ4v) is 1.44. The minimum Gasteiger partial charge on any atom is -0.264 e. The predicted octanol–water partition coefficient (Wildman–Crippen LogP) is 1.60. The van der Waals surface area contributed by atoms with E-state index in [-0.39, 0.29) is 0 Å². The van der Waals surface area contributed by atoms with Crippen LogP contribution in [0.5, 0.6) is 0 Å². The van der Waals surface area contributed by atoms with Crippen molar-refractivity contribution < 1.29 is 25.8 Å². The summed E-state index contributed by atoms with van der Waals surface area (Å²) in [7, 11) is -1.90. The highest BCUT2D eigenvalue weighted by atomic mass is 32.2. The Morgan fingerprint density at radius 1 is 1.14 bits per heavy atom. The van der Waals surface area contributed by atoms with Crippen molar-refractivity contribution in [3.8, 4) is 0 Å². The second-order valence-corrected chi connectivity index (χ2v) is 3.83. The van der Waals surface area contributed by atoms with Crippen LogP contribution in [0.15, 0.2) is 17.0 Å². The van der Waals surface area contributed by atoms with Crippen molar-refractivity contribution in [3.63, 3.8) is 0 Å². The molecule has 0 spiro atoms. The molecule has 0 saturated carbocycles. The zero-order valence-corrected chi connectivity index (χ0v) is 7.45. The standard InChI is InChI=1S/C7H4F3O3S/c1-13-14(11,12)5-3-2-4(8)6(9)7(5)10/h2-3H,1H2. The van der Waals surface area contributed by atoms with Gasteiger partial charge in [0.2, 0.25) is 0 Å². The van der Waals surface area contributed by atoms with E-state index in [4.69, 9.17) is 0 Å². The molecule has 0 aromatic heterocycles. The summed E-state index contributed by atoms with van der Waals surface area (Å²) in [6, 6.07) is 1.03. The molecular formula is C7H4F3O3S. The minimum absolute atomic E-state index is 0.477. The third kappa shape index (κ3) is 1.73. The van der Waals surface area contributed by atoms with Gasteiger partial charge in [-0.2, -0.15) is 8.42 Å². The van der Waals surface area contributed by atoms with E-state index in [2.05, 4.69) is 11.3 Å². The van der Waals surface area contributed by atoms with Crippen LogP contribution in [0.25, 0.3) is 0 Å². The van der Waals surface area contributed by atoms with Gasteiger partial charge in [0, 0.05) is 0 Å². The molecule has 77 valence electrons. The quantitative estimate of drug-likeness (QED) is 0.567. The van der Waals surface area contributed by atoms with E-state index in [0.29, 0.717) is 12.1 Å². The maximum absolute atomic E-state index is 12.8.